The fourth-order valence-electron chi connectivity index (χ4n) is 4.17. The summed E-state index contributed by atoms with van der Waals surface area (Å²) in [5.41, 5.74) is 4.32. The molecule has 7 heteroatoms. The molecule has 2 aliphatic rings. The molecule has 2 aromatic rings. The van der Waals surface area contributed by atoms with Crippen LogP contribution in [0.2, 0.25) is 0 Å². The lowest BCUT2D eigenvalue weighted by molar-refractivity contribution is -0.132. The number of amides is 1. The third-order valence-electron chi connectivity index (χ3n) is 6.19. The topological polar surface area (TPSA) is 54.2 Å². The summed E-state index contributed by atoms with van der Waals surface area (Å²) in [6.07, 6.45) is 1.03. The molecule has 0 radical (unpaired) electrons. The van der Waals surface area contributed by atoms with Crippen molar-refractivity contribution in [1.29, 1.82) is 0 Å². The zero-order valence-electron chi connectivity index (χ0n) is 17.5. The number of nitrogens with zero attached hydrogens (tertiary/aromatic N) is 3. The third kappa shape index (κ3) is 4.44. The van der Waals surface area contributed by atoms with E-state index in [0.29, 0.717) is 31.5 Å². The van der Waals surface area contributed by atoms with Gasteiger partial charge >= 0.3 is 5.97 Å². The van der Waals surface area contributed by atoms with E-state index in [4.69, 9.17) is 11.3 Å². The minimum atomic E-state index is -0.472. The van der Waals surface area contributed by atoms with E-state index in [-0.39, 0.29) is 24.2 Å². The molecule has 1 saturated heterocycles. The lowest BCUT2D eigenvalue weighted by atomic mass is 9.96. The van der Waals surface area contributed by atoms with E-state index in [1.165, 1.54) is 12.1 Å². The molecule has 0 saturated carbocycles. The van der Waals surface area contributed by atoms with Crippen molar-refractivity contribution in [2.75, 3.05) is 32.7 Å². The van der Waals surface area contributed by atoms with Gasteiger partial charge in [0, 0.05) is 38.3 Å². The molecule has 0 atom stereocenters. The van der Waals surface area contributed by atoms with Crippen molar-refractivity contribution in [1.82, 2.24) is 9.80 Å². The van der Waals surface area contributed by atoms with Crippen LogP contribution in [0, 0.1) is 19.3 Å². The Hall–Kier alpha value is -3.24. The van der Waals surface area contributed by atoms with Crippen molar-refractivity contribution in [3.63, 3.8) is 0 Å². The van der Waals surface area contributed by atoms with Crippen molar-refractivity contribution in [3.8, 4) is 0 Å². The average Bonchev–Trinajstić information content (AvgIpc) is 3.16. The van der Waals surface area contributed by atoms with E-state index in [1.54, 1.807) is 12.1 Å². The van der Waals surface area contributed by atoms with Crippen LogP contribution in [0.4, 0.5) is 10.1 Å². The normalized spacial score (nSPS) is 16.0. The average molecular weight is 421 g/mol. The number of halogens is 1. The predicted molar refractivity (Wildman–Crippen MR) is 113 cm³/mol. The van der Waals surface area contributed by atoms with E-state index in [2.05, 4.69) is 9.74 Å². The Morgan fingerprint density at radius 3 is 2.68 bits per heavy atom. The number of fused-ring (bicyclic) bond motifs is 1. The molecule has 0 aromatic heterocycles. The number of carbonyl (C=O) groups excluding carboxylic acids is 2. The minimum absolute atomic E-state index is 0.0496. The van der Waals surface area contributed by atoms with Crippen molar-refractivity contribution in [2.24, 2.45) is 0 Å². The van der Waals surface area contributed by atoms with Crippen LogP contribution in [0.3, 0.4) is 0 Å². The van der Waals surface area contributed by atoms with Crippen LogP contribution in [-0.2, 0) is 29.0 Å². The first-order chi connectivity index (χ1) is 15.0. The zero-order valence-corrected chi connectivity index (χ0v) is 17.5. The summed E-state index contributed by atoms with van der Waals surface area (Å²) in [5.74, 6) is -0.678. The maximum Gasteiger partial charge on any atom is 0.338 e. The molecule has 0 spiro atoms. The fraction of sp³-hybridized carbons (Fsp3) is 0.375. The number of hydrogen-bond donors (Lipinski definition) is 0. The van der Waals surface area contributed by atoms with Gasteiger partial charge < -0.3 is 9.64 Å². The number of benzene rings is 2. The quantitative estimate of drug-likeness (QED) is 0.549. The summed E-state index contributed by atoms with van der Waals surface area (Å²) in [6.45, 7) is 12.8. The molecule has 6 nitrogen and oxygen atoms in total. The Bertz CT molecular complexity index is 1070. The fourth-order valence-corrected chi connectivity index (χ4v) is 4.17. The Labute approximate surface area is 181 Å². The Kier molecular flexibility index (Phi) is 6.01. The van der Waals surface area contributed by atoms with Gasteiger partial charge in [0.15, 0.2) is 0 Å². The second kappa shape index (κ2) is 8.86. The number of esters is 1. The third-order valence-corrected chi connectivity index (χ3v) is 6.19. The zero-order chi connectivity index (χ0) is 22.0. The minimum Gasteiger partial charge on any atom is -0.457 e. The summed E-state index contributed by atoms with van der Waals surface area (Å²) in [5, 5.41) is 0. The van der Waals surface area contributed by atoms with E-state index < -0.39 is 5.82 Å². The van der Waals surface area contributed by atoms with Crippen molar-refractivity contribution >= 4 is 17.6 Å². The number of cyclic esters (lactones) is 1. The van der Waals surface area contributed by atoms with Crippen LogP contribution in [-0.4, -0.2) is 54.4 Å². The van der Waals surface area contributed by atoms with Crippen LogP contribution in [0.5, 0.6) is 0 Å². The molecule has 1 amide bonds. The SMILES string of the molecule is [C-]#[N+]c1ccc(CCN2CCN(C(=O)Cc3ccc4c(c3C)COC4=O)CC2)cc1F. The molecular formula is C24H24FN3O3. The molecule has 2 heterocycles. The summed E-state index contributed by atoms with van der Waals surface area (Å²) in [4.78, 5) is 31.8. The van der Waals surface area contributed by atoms with Gasteiger partial charge in [-0.3, -0.25) is 9.69 Å². The molecule has 0 bridgehead atoms. The van der Waals surface area contributed by atoms with E-state index in [0.717, 1.165) is 41.9 Å². The number of ether oxygens (including phenoxy) is 1. The first-order valence-corrected chi connectivity index (χ1v) is 10.4. The highest BCUT2D eigenvalue weighted by Gasteiger charge is 2.26. The first kappa shape index (κ1) is 21.0. The summed E-state index contributed by atoms with van der Waals surface area (Å²) >= 11 is 0. The van der Waals surface area contributed by atoms with Gasteiger partial charge in [0.25, 0.3) is 0 Å². The van der Waals surface area contributed by atoms with Gasteiger partial charge in [-0.05, 0) is 42.2 Å². The van der Waals surface area contributed by atoms with Crippen molar-refractivity contribution in [2.45, 2.75) is 26.4 Å². The van der Waals surface area contributed by atoms with E-state index >= 15 is 0 Å². The number of piperazine rings is 1. The van der Waals surface area contributed by atoms with Crippen LogP contribution < -0.4 is 0 Å². The monoisotopic (exact) mass is 421 g/mol. The molecule has 0 unspecified atom stereocenters. The smallest absolute Gasteiger partial charge is 0.338 e. The van der Waals surface area contributed by atoms with Gasteiger partial charge in [-0.2, -0.15) is 0 Å². The van der Waals surface area contributed by atoms with Gasteiger partial charge in [0.05, 0.1) is 18.6 Å². The lowest BCUT2D eigenvalue weighted by Gasteiger charge is -2.35. The van der Waals surface area contributed by atoms with Gasteiger partial charge in [0.2, 0.25) is 11.6 Å². The molecule has 2 aromatic carbocycles. The molecule has 1 fully saturated rings. The van der Waals surface area contributed by atoms with Crippen LogP contribution in [0.15, 0.2) is 30.3 Å². The second-order valence-electron chi connectivity index (χ2n) is 8.00. The lowest BCUT2D eigenvalue weighted by Crippen LogP contribution is -2.49. The van der Waals surface area contributed by atoms with Crippen LogP contribution in [0.1, 0.15) is 32.6 Å². The highest BCUT2D eigenvalue weighted by atomic mass is 19.1. The van der Waals surface area contributed by atoms with Crippen LogP contribution >= 0.6 is 0 Å². The highest BCUT2D eigenvalue weighted by Crippen LogP contribution is 2.26. The van der Waals surface area contributed by atoms with Gasteiger partial charge in [-0.25, -0.2) is 14.0 Å². The number of rotatable bonds is 5. The number of hydrogen-bond acceptors (Lipinski definition) is 4. The highest BCUT2D eigenvalue weighted by molar-refractivity contribution is 5.94. The molecule has 0 N–H and O–H groups in total. The predicted octanol–water partition coefficient (Wildman–Crippen LogP) is 3.28. The number of carbonyl (C=O) groups is 2. The summed E-state index contributed by atoms with van der Waals surface area (Å²) in [6, 6.07) is 8.37. The van der Waals surface area contributed by atoms with Crippen molar-refractivity contribution in [3.05, 3.63) is 75.4 Å². The summed E-state index contributed by atoms with van der Waals surface area (Å²) in [7, 11) is 0. The first-order valence-electron chi connectivity index (χ1n) is 10.4. The van der Waals surface area contributed by atoms with E-state index in [9.17, 15) is 14.0 Å². The van der Waals surface area contributed by atoms with Gasteiger partial charge in [0.1, 0.15) is 12.4 Å². The molecule has 31 heavy (non-hydrogen) atoms. The molecule has 2 aliphatic heterocycles. The van der Waals surface area contributed by atoms with E-state index in [1.807, 2.05) is 17.9 Å². The Balaban J connectivity index is 1.28. The molecule has 0 aliphatic carbocycles. The molecular weight excluding hydrogens is 397 g/mol. The Morgan fingerprint density at radius 1 is 1.19 bits per heavy atom. The maximum absolute atomic E-state index is 13.8. The Morgan fingerprint density at radius 2 is 1.97 bits per heavy atom. The van der Waals surface area contributed by atoms with Crippen LogP contribution in [0.25, 0.3) is 4.85 Å². The standard InChI is InChI=1S/C24H24FN3O3/c1-16-18(4-5-19-20(16)15-31-24(19)30)14-23(29)28-11-9-27(10-12-28)8-7-17-3-6-22(26-2)21(25)13-17/h3-6,13H,7-12,14-15H2,1H3. The largest absolute Gasteiger partial charge is 0.457 e. The van der Waals surface area contributed by atoms with Gasteiger partial charge in [-0.1, -0.05) is 18.2 Å². The maximum atomic E-state index is 13.8. The summed E-state index contributed by atoms with van der Waals surface area (Å²) < 4.78 is 18.9. The molecule has 4 rings (SSSR count). The molecule has 160 valence electrons. The second-order valence-corrected chi connectivity index (χ2v) is 8.00. The van der Waals surface area contributed by atoms with Gasteiger partial charge in [-0.15, -0.1) is 0 Å². The van der Waals surface area contributed by atoms with Crippen molar-refractivity contribution < 1.29 is 18.7 Å².